The van der Waals surface area contributed by atoms with E-state index in [2.05, 4.69) is 115 Å². The first-order chi connectivity index (χ1) is 11.5. The second kappa shape index (κ2) is 6.01. The SMILES string of the molecule is Cc1c(Br)ccc(-n2c3ccc(Br)cc3c3cc(Br)ccc32)c1C. The molecule has 0 unspecified atom stereocenters. The second-order valence-corrected chi connectivity index (χ2v) is 8.66. The van der Waals surface area contributed by atoms with E-state index in [1.165, 1.54) is 38.6 Å². The van der Waals surface area contributed by atoms with Crippen LogP contribution >= 0.6 is 47.8 Å². The van der Waals surface area contributed by atoms with Crippen molar-refractivity contribution in [1.29, 1.82) is 0 Å². The number of hydrogen-bond acceptors (Lipinski definition) is 0. The van der Waals surface area contributed by atoms with Gasteiger partial charge in [0, 0.05) is 29.9 Å². The van der Waals surface area contributed by atoms with Gasteiger partial charge in [0.15, 0.2) is 0 Å². The van der Waals surface area contributed by atoms with Gasteiger partial charge in [0.25, 0.3) is 0 Å². The zero-order valence-corrected chi connectivity index (χ0v) is 18.0. The highest BCUT2D eigenvalue weighted by atomic mass is 79.9. The summed E-state index contributed by atoms with van der Waals surface area (Å²) < 4.78 is 5.70. The van der Waals surface area contributed by atoms with E-state index in [4.69, 9.17) is 0 Å². The van der Waals surface area contributed by atoms with Crippen molar-refractivity contribution in [1.82, 2.24) is 4.57 Å². The summed E-state index contributed by atoms with van der Waals surface area (Å²) in [6.07, 6.45) is 0. The van der Waals surface area contributed by atoms with Crippen LogP contribution in [0.25, 0.3) is 27.5 Å². The first kappa shape index (κ1) is 16.4. The first-order valence-corrected chi connectivity index (χ1v) is 10.0. The van der Waals surface area contributed by atoms with Crippen LogP contribution < -0.4 is 0 Å². The van der Waals surface area contributed by atoms with Gasteiger partial charge in [-0.3, -0.25) is 0 Å². The molecule has 1 heterocycles. The van der Waals surface area contributed by atoms with Crippen LogP contribution in [-0.4, -0.2) is 4.57 Å². The average molecular weight is 508 g/mol. The van der Waals surface area contributed by atoms with Gasteiger partial charge < -0.3 is 4.57 Å². The standard InChI is InChI=1S/C20H14Br3N/c1-11-12(2)18(8-5-17(11)23)24-19-6-3-13(21)9-15(19)16-10-14(22)4-7-20(16)24/h3-10H,1-2H3. The Morgan fingerprint density at radius 1 is 0.667 bits per heavy atom. The lowest BCUT2D eigenvalue weighted by Gasteiger charge is -2.14. The molecule has 0 atom stereocenters. The van der Waals surface area contributed by atoms with Crippen LogP contribution in [0.3, 0.4) is 0 Å². The summed E-state index contributed by atoms with van der Waals surface area (Å²) in [5.74, 6) is 0. The molecule has 0 amide bonds. The molecule has 0 saturated heterocycles. The van der Waals surface area contributed by atoms with E-state index in [-0.39, 0.29) is 0 Å². The molecule has 0 saturated carbocycles. The highest BCUT2D eigenvalue weighted by molar-refractivity contribution is 9.11. The molecule has 120 valence electrons. The van der Waals surface area contributed by atoms with E-state index >= 15 is 0 Å². The van der Waals surface area contributed by atoms with Gasteiger partial charge in [-0.05, 0) is 73.5 Å². The number of aromatic nitrogens is 1. The first-order valence-electron chi connectivity index (χ1n) is 7.62. The molecule has 0 aliphatic rings. The summed E-state index contributed by atoms with van der Waals surface area (Å²) >= 11 is 10.9. The van der Waals surface area contributed by atoms with Crippen molar-refractivity contribution in [3.8, 4) is 5.69 Å². The van der Waals surface area contributed by atoms with Crippen LogP contribution in [0.2, 0.25) is 0 Å². The number of benzene rings is 3. The van der Waals surface area contributed by atoms with Gasteiger partial charge in [0.2, 0.25) is 0 Å². The van der Waals surface area contributed by atoms with Gasteiger partial charge in [-0.1, -0.05) is 47.8 Å². The number of rotatable bonds is 1. The predicted molar refractivity (Wildman–Crippen MR) is 113 cm³/mol. The molecule has 4 heteroatoms. The minimum absolute atomic E-state index is 1.10. The molecule has 0 radical (unpaired) electrons. The summed E-state index contributed by atoms with van der Waals surface area (Å²) in [5, 5.41) is 2.50. The van der Waals surface area contributed by atoms with Crippen LogP contribution in [0.1, 0.15) is 11.1 Å². The van der Waals surface area contributed by atoms with Gasteiger partial charge in [-0.25, -0.2) is 0 Å². The maximum absolute atomic E-state index is 3.64. The zero-order valence-electron chi connectivity index (χ0n) is 13.2. The van der Waals surface area contributed by atoms with E-state index < -0.39 is 0 Å². The number of fused-ring (bicyclic) bond motifs is 3. The van der Waals surface area contributed by atoms with Crippen molar-refractivity contribution in [2.24, 2.45) is 0 Å². The van der Waals surface area contributed by atoms with Crippen LogP contribution in [0.4, 0.5) is 0 Å². The van der Waals surface area contributed by atoms with E-state index in [0.717, 1.165) is 13.4 Å². The molecule has 3 aromatic carbocycles. The Morgan fingerprint density at radius 2 is 1.21 bits per heavy atom. The van der Waals surface area contributed by atoms with Crippen molar-refractivity contribution in [3.63, 3.8) is 0 Å². The highest BCUT2D eigenvalue weighted by Gasteiger charge is 2.15. The number of nitrogens with zero attached hydrogens (tertiary/aromatic N) is 1. The molecule has 24 heavy (non-hydrogen) atoms. The van der Waals surface area contributed by atoms with Gasteiger partial charge >= 0.3 is 0 Å². The summed E-state index contributed by atoms with van der Waals surface area (Å²) in [4.78, 5) is 0. The maximum Gasteiger partial charge on any atom is 0.0541 e. The Morgan fingerprint density at radius 3 is 1.75 bits per heavy atom. The molecule has 0 N–H and O–H groups in total. The lowest BCUT2D eigenvalue weighted by molar-refractivity contribution is 1.13. The Labute approximate surface area is 166 Å². The molecule has 4 rings (SSSR count). The topological polar surface area (TPSA) is 4.93 Å². The minimum atomic E-state index is 1.10. The Balaban J connectivity index is 2.20. The fourth-order valence-corrected chi connectivity index (χ4v) is 4.39. The van der Waals surface area contributed by atoms with Crippen LogP contribution in [0.5, 0.6) is 0 Å². The Hall–Kier alpha value is -1.10. The van der Waals surface area contributed by atoms with Crippen LogP contribution in [0, 0.1) is 13.8 Å². The highest BCUT2D eigenvalue weighted by Crippen LogP contribution is 2.37. The van der Waals surface area contributed by atoms with E-state index in [9.17, 15) is 0 Å². The molecule has 4 aromatic rings. The van der Waals surface area contributed by atoms with Crippen molar-refractivity contribution in [2.45, 2.75) is 13.8 Å². The van der Waals surface area contributed by atoms with Crippen molar-refractivity contribution >= 4 is 69.6 Å². The van der Waals surface area contributed by atoms with E-state index in [0.29, 0.717) is 0 Å². The van der Waals surface area contributed by atoms with E-state index in [1.807, 2.05) is 0 Å². The summed E-state index contributed by atoms with van der Waals surface area (Å²) in [7, 11) is 0. The van der Waals surface area contributed by atoms with Crippen LogP contribution in [0.15, 0.2) is 61.9 Å². The fourth-order valence-electron chi connectivity index (χ4n) is 3.24. The molecule has 0 aliphatic heterocycles. The van der Waals surface area contributed by atoms with Crippen molar-refractivity contribution in [3.05, 3.63) is 73.1 Å². The molecule has 0 spiro atoms. The lowest BCUT2D eigenvalue weighted by atomic mass is 10.1. The molecule has 0 aliphatic carbocycles. The molecular weight excluding hydrogens is 494 g/mol. The van der Waals surface area contributed by atoms with Gasteiger partial charge in [0.1, 0.15) is 0 Å². The normalized spacial score (nSPS) is 11.5. The fraction of sp³-hybridized carbons (Fsp3) is 0.100. The van der Waals surface area contributed by atoms with Crippen molar-refractivity contribution in [2.75, 3.05) is 0 Å². The molecular formula is C20H14Br3N. The number of hydrogen-bond donors (Lipinski definition) is 0. The zero-order chi connectivity index (χ0) is 17.0. The Kier molecular flexibility index (Phi) is 4.10. The third-order valence-corrected chi connectivity index (χ3v) is 6.47. The molecule has 1 aromatic heterocycles. The predicted octanol–water partition coefficient (Wildman–Crippen LogP) is 7.69. The van der Waals surface area contributed by atoms with Gasteiger partial charge in [0.05, 0.1) is 11.0 Å². The summed E-state index contributed by atoms with van der Waals surface area (Å²) in [6.45, 7) is 4.34. The summed E-state index contributed by atoms with van der Waals surface area (Å²) in [6, 6.07) is 17.3. The van der Waals surface area contributed by atoms with Gasteiger partial charge in [-0.2, -0.15) is 0 Å². The van der Waals surface area contributed by atoms with Crippen molar-refractivity contribution < 1.29 is 0 Å². The van der Waals surface area contributed by atoms with Crippen LogP contribution in [-0.2, 0) is 0 Å². The number of halogens is 3. The van der Waals surface area contributed by atoms with Gasteiger partial charge in [-0.15, -0.1) is 0 Å². The molecule has 0 fully saturated rings. The Bertz CT molecular complexity index is 1050. The van der Waals surface area contributed by atoms with E-state index in [1.54, 1.807) is 0 Å². The quantitative estimate of drug-likeness (QED) is 0.249. The average Bonchev–Trinajstić information content (AvgIpc) is 2.86. The smallest absolute Gasteiger partial charge is 0.0541 e. The molecule has 1 nitrogen and oxygen atoms in total. The monoisotopic (exact) mass is 505 g/mol. The summed E-state index contributed by atoms with van der Waals surface area (Å²) in [5.41, 5.74) is 6.22. The largest absolute Gasteiger partial charge is 0.309 e. The molecule has 0 bridgehead atoms. The minimum Gasteiger partial charge on any atom is -0.309 e. The lowest BCUT2D eigenvalue weighted by Crippen LogP contribution is -1.99. The third kappa shape index (κ3) is 2.47. The maximum atomic E-state index is 3.64. The third-order valence-electron chi connectivity index (χ3n) is 4.62. The second-order valence-electron chi connectivity index (χ2n) is 5.97.